The summed E-state index contributed by atoms with van der Waals surface area (Å²) in [5, 5.41) is 14.0. The average molecular weight is 282 g/mol. The smallest absolute Gasteiger partial charge is 0.280 e. The second-order valence-corrected chi connectivity index (χ2v) is 4.46. The van der Waals surface area contributed by atoms with Crippen LogP contribution in [-0.2, 0) is 0 Å². The number of allylic oxidation sites excluding steroid dienone is 2. The van der Waals surface area contributed by atoms with E-state index in [1.807, 2.05) is 30.3 Å². The summed E-state index contributed by atoms with van der Waals surface area (Å²) in [4.78, 5) is 22.5. The van der Waals surface area contributed by atoms with Gasteiger partial charge in [0.15, 0.2) is 5.78 Å². The molecule has 0 saturated carbocycles. The number of hydrogen-bond acceptors (Lipinski definition) is 4. The predicted octanol–water partition coefficient (Wildman–Crippen LogP) is 3.79. The van der Waals surface area contributed by atoms with E-state index in [9.17, 15) is 14.9 Å². The minimum absolute atomic E-state index is 0.0803. The zero-order valence-corrected chi connectivity index (χ0v) is 11.4. The number of anilines is 1. The van der Waals surface area contributed by atoms with E-state index in [1.165, 1.54) is 24.3 Å². The number of hydrogen-bond donors (Lipinski definition) is 1. The fourth-order valence-corrected chi connectivity index (χ4v) is 1.90. The lowest BCUT2D eigenvalue weighted by Gasteiger charge is -2.06. The molecule has 106 valence electrons. The average Bonchev–Trinajstić information content (AvgIpc) is 2.48. The maximum atomic E-state index is 12.1. The summed E-state index contributed by atoms with van der Waals surface area (Å²) in [5.41, 5.74) is 1.36. The summed E-state index contributed by atoms with van der Waals surface area (Å²) < 4.78 is 0. The van der Waals surface area contributed by atoms with E-state index in [-0.39, 0.29) is 11.3 Å². The second kappa shape index (κ2) is 6.47. The molecule has 2 aromatic rings. The third-order valence-electron chi connectivity index (χ3n) is 2.83. The van der Waals surface area contributed by atoms with Crippen LogP contribution in [0.3, 0.4) is 0 Å². The highest BCUT2D eigenvalue weighted by atomic mass is 16.6. The first-order chi connectivity index (χ1) is 10.1. The molecule has 0 spiro atoms. The van der Waals surface area contributed by atoms with Gasteiger partial charge in [-0.1, -0.05) is 30.3 Å². The molecule has 0 amide bonds. The van der Waals surface area contributed by atoms with Gasteiger partial charge in [0.05, 0.1) is 10.5 Å². The molecule has 21 heavy (non-hydrogen) atoms. The van der Waals surface area contributed by atoms with E-state index >= 15 is 0 Å². The highest BCUT2D eigenvalue weighted by Crippen LogP contribution is 2.19. The molecular formula is C16H14N2O3. The van der Waals surface area contributed by atoms with E-state index < -0.39 is 10.7 Å². The van der Waals surface area contributed by atoms with Crippen molar-refractivity contribution < 1.29 is 9.72 Å². The molecule has 0 atom stereocenters. The van der Waals surface area contributed by atoms with E-state index in [4.69, 9.17) is 0 Å². The lowest BCUT2D eigenvalue weighted by atomic mass is 10.1. The first-order valence-corrected chi connectivity index (χ1v) is 6.36. The fourth-order valence-electron chi connectivity index (χ4n) is 1.90. The Morgan fingerprint density at radius 3 is 2.38 bits per heavy atom. The van der Waals surface area contributed by atoms with Crippen LogP contribution in [0.1, 0.15) is 17.3 Å². The van der Waals surface area contributed by atoms with Crippen LogP contribution in [0, 0.1) is 10.1 Å². The molecule has 0 heterocycles. The van der Waals surface area contributed by atoms with Crippen LogP contribution in [0.15, 0.2) is 66.4 Å². The van der Waals surface area contributed by atoms with Crippen molar-refractivity contribution in [2.24, 2.45) is 0 Å². The summed E-state index contributed by atoms with van der Waals surface area (Å²) in [5.74, 6) is -0.400. The van der Waals surface area contributed by atoms with Crippen LogP contribution in [0.25, 0.3) is 0 Å². The second-order valence-electron chi connectivity index (χ2n) is 4.46. The number of nitrogens with zero attached hydrogens (tertiary/aromatic N) is 1. The molecular weight excluding hydrogens is 268 g/mol. The van der Waals surface area contributed by atoms with E-state index in [2.05, 4.69) is 5.32 Å². The standard InChI is InChI=1S/C16H14N2O3/c1-12(17-13-7-3-2-4-8-13)11-16(19)14-9-5-6-10-15(14)18(20)21/h2-11,17H,1H3. The van der Waals surface area contributed by atoms with Gasteiger partial charge in [-0.2, -0.15) is 0 Å². The Kier molecular flexibility index (Phi) is 4.46. The molecule has 0 aromatic heterocycles. The summed E-state index contributed by atoms with van der Waals surface area (Å²) in [6.07, 6.45) is 1.36. The minimum atomic E-state index is -0.555. The van der Waals surface area contributed by atoms with Crippen molar-refractivity contribution >= 4 is 17.2 Å². The van der Waals surface area contributed by atoms with Crippen molar-refractivity contribution in [3.63, 3.8) is 0 Å². The molecule has 0 bridgehead atoms. The van der Waals surface area contributed by atoms with Gasteiger partial charge in [0, 0.05) is 23.5 Å². The third-order valence-corrected chi connectivity index (χ3v) is 2.83. The van der Waals surface area contributed by atoms with E-state index in [1.54, 1.807) is 13.0 Å². The van der Waals surface area contributed by atoms with Crippen molar-refractivity contribution in [3.8, 4) is 0 Å². The normalized spacial score (nSPS) is 11.0. The Balaban J connectivity index is 2.21. The Labute approximate surface area is 122 Å². The van der Waals surface area contributed by atoms with Crippen LogP contribution >= 0.6 is 0 Å². The maximum Gasteiger partial charge on any atom is 0.280 e. The SMILES string of the molecule is CC(=CC(=O)c1ccccc1[N+](=O)[O-])Nc1ccccc1. The number of carbonyl (C=O) groups excluding carboxylic acids is 1. The number of nitro benzene ring substituents is 1. The Morgan fingerprint density at radius 2 is 1.71 bits per heavy atom. The van der Waals surface area contributed by atoms with Crippen LogP contribution in [0.4, 0.5) is 11.4 Å². The lowest BCUT2D eigenvalue weighted by Crippen LogP contribution is -2.04. The zero-order valence-electron chi connectivity index (χ0n) is 11.4. The molecule has 2 aromatic carbocycles. The summed E-state index contributed by atoms with van der Waals surface area (Å²) in [7, 11) is 0. The number of nitro groups is 1. The molecule has 5 heteroatoms. The van der Waals surface area contributed by atoms with Gasteiger partial charge in [-0.15, -0.1) is 0 Å². The van der Waals surface area contributed by atoms with Crippen molar-refractivity contribution in [1.82, 2.24) is 0 Å². The first-order valence-electron chi connectivity index (χ1n) is 6.36. The Hall–Kier alpha value is -2.95. The number of para-hydroxylation sites is 2. The lowest BCUT2D eigenvalue weighted by molar-refractivity contribution is -0.385. The van der Waals surface area contributed by atoms with E-state index in [0.29, 0.717) is 5.70 Å². The summed E-state index contributed by atoms with van der Waals surface area (Å²) >= 11 is 0. The molecule has 0 fully saturated rings. The molecule has 0 aliphatic heterocycles. The van der Waals surface area contributed by atoms with Gasteiger partial charge in [-0.05, 0) is 25.1 Å². The number of rotatable bonds is 5. The topological polar surface area (TPSA) is 72.2 Å². The Morgan fingerprint density at radius 1 is 1.10 bits per heavy atom. The highest BCUT2D eigenvalue weighted by Gasteiger charge is 2.17. The molecule has 0 aliphatic rings. The van der Waals surface area contributed by atoms with Crippen molar-refractivity contribution in [2.75, 3.05) is 5.32 Å². The quantitative estimate of drug-likeness (QED) is 0.392. The first kappa shape index (κ1) is 14.5. The molecule has 0 aliphatic carbocycles. The molecule has 0 unspecified atom stereocenters. The van der Waals surface area contributed by atoms with Gasteiger partial charge in [-0.25, -0.2) is 0 Å². The summed E-state index contributed by atoms with van der Waals surface area (Å²) in [6.45, 7) is 1.74. The van der Waals surface area contributed by atoms with Crippen molar-refractivity contribution in [3.05, 3.63) is 82.0 Å². The Bertz CT molecular complexity index is 694. The molecule has 5 nitrogen and oxygen atoms in total. The van der Waals surface area contributed by atoms with Gasteiger partial charge in [0.1, 0.15) is 0 Å². The molecule has 1 N–H and O–H groups in total. The zero-order chi connectivity index (χ0) is 15.2. The van der Waals surface area contributed by atoms with Gasteiger partial charge >= 0.3 is 0 Å². The van der Waals surface area contributed by atoms with Gasteiger partial charge < -0.3 is 5.32 Å². The molecule has 0 saturated heterocycles. The summed E-state index contributed by atoms with van der Waals surface area (Å²) in [6, 6.07) is 15.3. The van der Waals surface area contributed by atoms with Gasteiger partial charge in [-0.3, -0.25) is 14.9 Å². The molecule has 2 rings (SSSR count). The monoisotopic (exact) mass is 282 g/mol. The van der Waals surface area contributed by atoms with Crippen LogP contribution in [0.2, 0.25) is 0 Å². The maximum absolute atomic E-state index is 12.1. The predicted molar refractivity (Wildman–Crippen MR) is 81.2 cm³/mol. The van der Waals surface area contributed by atoms with Gasteiger partial charge in [0.25, 0.3) is 5.69 Å². The largest absolute Gasteiger partial charge is 0.359 e. The minimum Gasteiger partial charge on any atom is -0.359 e. The third kappa shape index (κ3) is 3.76. The fraction of sp³-hybridized carbons (Fsp3) is 0.0625. The highest BCUT2D eigenvalue weighted by molar-refractivity contribution is 6.07. The van der Waals surface area contributed by atoms with Gasteiger partial charge in [0.2, 0.25) is 0 Å². The molecule has 0 radical (unpaired) electrons. The number of carbonyl (C=O) groups is 1. The van der Waals surface area contributed by atoms with Crippen LogP contribution < -0.4 is 5.32 Å². The number of benzene rings is 2. The van der Waals surface area contributed by atoms with Crippen LogP contribution in [0.5, 0.6) is 0 Å². The number of nitrogens with one attached hydrogen (secondary N) is 1. The van der Waals surface area contributed by atoms with Crippen LogP contribution in [-0.4, -0.2) is 10.7 Å². The van der Waals surface area contributed by atoms with Crippen molar-refractivity contribution in [2.45, 2.75) is 6.92 Å². The van der Waals surface area contributed by atoms with E-state index in [0.717, 1.165) is 5.69 Å². The van der Waals surface area contributed by atoms with Crippen molar-refractivity contribution in [1.29, 1.82) is 0 Å². The number of ketones is 1.